The van der Waals surface area contributed by atoms with Crippen molar-refractivity contribution < 1.29 is 28.3 Å². The zero-order chi connectivity index (χ0) is 19.1. The van der Waals surface area contributed by atoms with Crippen molar-refractivity contribution in [3.8, 4) is 5.88 Å². The first-order valence-electron chi connectivity index (χ1n) is 8.54. The third-order valence-corrected chi connectivity index (χ3v) is 3.84. The predicted octanol–water partition coefficient (Wildman–Crippen LogP) is 1.38. The third kappa shape index (κ3) is 5.71. The van der Waals surface area contributed by atoms with Crippen molar-refractivity contribution in [3.63, 3.8) is 0 Å². The minimum absolute atomic E-state index is 0.189. The summed E-state index contributed by atoms with van der Waals surface area (Å²) in [5.74, 6) is -0.347. The van der Waals surface area contributed by atoms with Crippen molar-refractivity contribution in [1.82, 2.24) is 5.16 Å². The van der Waals surface area contributed by atoms with Gasteiger partial charge in [0.05, 0.1) is 13.2 Å². The number of aromatic nitrogens is 1. The van der Waals surface area contributed by atoms with Gasteiger partial charge in [0.2, 0.25) is 0 Å². The fourth-order valence-electron chi connectivity index (χ4n) is 2.51. The van der Waals surface area contributed by atoms with E-state index < -0.39 is 18.5 Å². The number of nitrogens with zero attached hydrogens (tertiary/aromatic N) is 2. The number of morpholine rings is 1. The van der Waals surface area contributed by atoms with E-state index in [-0.39, 0.29) is 12.5 Å². The van der Waals surface area contributed by atoms with Gasteiger partial charge in [-0.15, -0.1) is 0 Å². The molecule has 1 aliphatic rings. The molecule has 2 aromatic rings. The molecule has 27 heavy (non-hydrogen) atoms. The second-order valence-corrected chi connectivity index (χ2v) is 5.92. The third-order valence-electron chi connectivity index (χ3n) is 3.84. The summed E-state index contributed by atoms with van der Waals surface area (Å²) in [6.07, 6.45) is 0. The number of anilines is 2. The SMILES string of the molecule is Cc1cc(OCC(=O)OCC(=O)Nc2ccc(N3CCOCC3)cc2)no1. The fraction of sp³-hybridized carbons (Fsp3) is 0.389. The summed E-state index contributed by atoms with van der Waals surface area (Å²) in [5.41, 5.74) is 1.70. The van der Waals surface area contributed by atoms with E-state index in [0.717, 1.165) is 18.8 Å². The van der Waals surface area contributed by atoms with Gasteiger partial charge in [-0.2, -0.15) is 0 Å². The van der Waals surface area contributed by atoms with Crippen molar-refractivity contribution >= 4 is 23.3 Å². The van der Waals surface area contributed by atoms with Gasteiger partial charge >= 0.3 is 5.97 Å². The molecule has 0 aliphatic carbocycles. The molecular formula is C18H21N3O6. The van der Waals surface area contributed by atoms with E-state index in [9.17, 15) is 9.59 Å². The topological polar surface area (TPSA) is 103 Å². The van der Waals surface area contributed by atoms with Crippen LogP contribution in [0.4, 0.5) is 11.4 Å². The molecule has 3 rings (SSSR count). The van der Waals surface area contributed by atoms with E-state index in [1.54, 1.807) is 25.1 Å². The zero-order valence-electron chi connectivity index (χ0n) is 15.0. The first kappa shape index (κ1) is 18.7. The van der Waals surface area contributed by atoms with Crippen molar-refractivity contribution in [2.45, 2.75) is 6.92 Å². The van der Waals surface area contributed by atoms with E-state index in [1.165, 1.54) is 0 Å². The molecule has 9 heteroatoms. The predicted molar refractivity (Wildman–Crippen MR) is 95.8 cm³/mol. The number of ether oxygens (including phenoxy) is 3. The maximum Gasteiger partial charge on any atom is 0.344 e. The number of rotatable bonds is 7. The molecular weight excluding hydrogens is 354 g/mol. The average Bonchev–Trinajstić information content (AvgIpc) is 3.11. The molecule has 2 heterocycles. The molecule has 0 radical (unpaired) electrons. The lowest BCUT2D eigenvalue weighted by Crippen LogP contribution is -2.36. The Morgan fingerprint density at radius 2 is 1.93 bits per heavy atom. The smallest absolute Gasteiger partial charge is 0.344 e. The van der Waals surface area contributed by atoms with Crippen LogP contribution in [0.25, 0.3) is 0 Å². The second kappa shape index (κ2) is 9.04. The van der Waals surface area contributed by atoms with Crippen LogP contribution in [0.15, 0.2) is 34.9 Å². The highest BCUT2D eigenvalue weighted by atomic mass is 16.6. The van der Waals surface area contributed by atoms with Crippen molar-refractivity contribution in [2.24, 2.45) is 0 Å². The van der Waals surface area contributed by atoms with Gasteiger partial charge in [0.1, 0.15) is 5.76 Å². The summed E-state index contributed by atoms with van der Waals surface area (Å²) in [6, 6.07) is 9.02. The molecule has 9 nitrogen and oxygen atoms in total. The van der Waals surface area contributed by atoms with Gasteiger partial charge < -0.3 is 29.0 Å². The monoisotopic (exact) mass is 375 g/mol. The van der Waals surface area contributed by atoms with Crippen LogP contribution in [0.2, 0.25) is 0 Å². The van der Waals surface area contributed by atoms with Crippen LogP contribution < -0.4 is 15.0 Å². The first-order valence-corrected chi connectivity index (χ1v) is 8.54. The molecule has 0 spiro atoms. The quantitative estimate of drug-likeness (QED) is 0.724. The summed E-state index contributed by atoms with van der Waals surface area (Å²) in [4.78, 5) is 25.7. The maximum absolute atomic E-state index is 11.9. The lowest BCUT2D eigenvalue weighted by molar-refractivity contribution is -0.149. The number of carbonyl (C=O) groups excluding carboxylic acids is 2. The Kier molecular flexibility index (Phi) is 6.26. The van der Waals surface area contributed by atoms with Gasteiger partial charge in [0, 0.05) is 30.5 Å². The van der Waals surface area contributed by atoms with E-state index in [4.69, 9.17) is 18.7 Å². The molecule has 0 bridgehead atoms. The Morgan fingerprint density at radius 3 is 2.59 bits per heavy atom. The number of hydrogen-bond acceptors (Lipinski definition) is 8. The van der Waals surface area contributed by atoms with E-state index in [1.807, 2.05) is 12.1 Å². The molecule has 1 aromatic carbocycles. The van der Waals surface area contributed by atoms with Gasteiger partial charge in [-0.25, -0.2) is 4.79 Å². The van der Waals surface area contributed by atoms with Gasteiger partial charge in [-0.1, -0.05) is 0 Å². The summed E-state index contributed by atoms with van der Waals surface area (Å²) in [5, 5.41) is 6.26. The summed E-state index contributed by atoms with van der Waals surface area (Å²) >= 11 is 0. The highest BCUT2D eigenvalue weighted by Gasteiger charge is 2.12. The summed E-state index contributed by atoms with van der Waals surface area (Å²) in [7, 11) is 0. The molecule has 0 atom stereocenters. The Hall–Kier alpha value is -3.07. The van der Waals surface area contributed by atoms with Crippen LogP contribution in [0.5, 0.6) is 5.88 Å². The Bertz CT molecular complexity index is 768. The van der Waals surface area contributed by atoms with Crippen LogP contribution in [0.1, 0.15) is 5.76 Å². The van der Waals surface area contributed by atoms with Gasteiger partial charge in [0.15, 0.2) is 13.2 Å². The van der Waals surface area contributed by atoms with E-state index in [2.05, 4.69) is 15.4 Å². The van der Waals surface area contributed by atoms with Crippen LogP contribution >= 0.6 is 0 Å². The Morgan fingerprint density at radius 1 is 1.19 bits per heavy atom. The first-order chi connectivity index (χ1) is 13.1. The minimum Gasteiger partial charge on any atom is -0.463 e. The van der Waals surface area contributed by atoms with E-state index >= 15 is 0 Å². The highest BCUT2D eigenvalue weighted by Crippen LogP contribution is 2.19. The number of esters is 1. The van der Waals surface area contributed by atoms with Crippen LogP contribution in [-0.2, 0) is 19.1 Å². The number of carbonyl (C=O) groups is 2. The minimum atomic E-state index is -0.673. The number of aryl methyl sites for hydroxylation is 1. The largest absolute Gasteiger partial charge is 0.463 e. The number of benzene rings is 1. The van der Waals surface area contributed by atoms with Crippen LogP contribution in [0, 0.1) is 6.92 Å². The van der Waals surface area contributed by atoms with Gasteiger partial charge in [-0.05, 0) is 36.3 Å². The van der Waals surface area contributed by atoms with E-state index in [0.29, 0.717) is 24.7 Å². The summed E-state index contributed by atoms with van der Waals surface area (Å²) < 4.78 is 20.1. The number of nitrogens with one attached hydrogen (secondary N) is 1. The highest BCUT2D eigenvalue weighted by molar-refractivity contribution is 5.93. The van der Waals surface area contributed by atoms with Crippen molar-refractivity contribution in [3.05, 3.63) is 36.1 Å². The zero-order valence-corrected chi connectivity index (χ0v) is 15.0. The molecule has 1 N–H and O–H groups in total. The second-order valence-electron chi connectivity index (χ2n) is 5.92. The van der Waals surface area contributed by atoms with Crippen LogP contribution in [0.3, 0.4) is 0 Å². The lowest BCUT2D eigenvalue weighted by Gasteiger charge is -2.28. The maximum atomic E-state index is 11.9. The van der Waals surface area contributed by atoms with Crippen LogP contribution in [-0.4, -0.2) is 56.6 Å². The van der Waals surface area contributed by atoms with Gasteiger partial charge in [0.25, 0.3) is 11.8 Å². The number of hydrogen-bond donors (Lipinski definition) is 1. The molecule has 1 amide bonds. The molecule has 1 saturated heterocycles. The standard InChI is InChI=1S/C18H21N3O6/c1-13-10-17(20-27-13)25-12-18(23)26-11-16(22)19-14-2-4-15(5-3-14)21-6-8-24-9-7-21/h2-5,10H,6-9,11-12H2,1H3,(H,19,22). The molecule has 0 unspecified atom stereocenters. The average molecular weight is 375 g/mol. The molecule has 144 valence electrons. The molecule has 1 aromatic heterocycles. The molecule has 0 saturated carbocycles. The van der Waals surface area contributed by atoms with Crippen molar-refractivity contribution in [2.75, 3.05) is 49.7 Å². The molecule has 1 fully saturated rings. The van der Waals surface area contributed by atoms with Gasteiger partial charge in [-0.3, -0.25) is 4.79 Å². The fourth-order valence-corrected chi connectivity index (χ4v) is 2.51. The van der Waals surface area contributed by atoms with Crippen molar-refractivity contribution in [1.29, 1.82) is 0 Å². The normalized spacial score (nSPS) is 13.9. The lowest BCUT2D eigenvalue weighted by atomic mass is 10.2. The molecule has 1 aliphatic heterocycles. The Labute approximate surface area is 156 Å². The Balaban J connectivity index is 1.38. The summed E-state index contributed by atoms with van der Waals surface area (Å²) in [6.45, 7) is 4.07. The number of amides is 1.